The summed E-state index contributed by atoms with van der Waals surface area (Å²) in [6, 6.07) is 5.49. The van der Waals surface area contributed by atoms with E-state index in [0.717, 1.165) is 16.2 Å². The summed E-state index contributed by atoms with van der Waals surface area (Å²) in [4.78, 5) is 11.9. The summed E-state index contributed by atoms with van der Waals surface area (Å²) in [6.07, 6.45) is 1.78. The molecule has 5 aromatic rings. The highest BCUT2D eigenvalue weighted by Gasteiger charge is 2.24. The lowest BCUT2D eigenvalue weighted by atomic mass is 10.2. The fourth-order valence-electron chi connectivity index (χ4n) is 3.89. The number of methoxy groups -OCH3 is 2. The smallest absolute Gasteiger partial charge is 0.294 e. The van der Waals surface area contributed by atoms with Gasteiger partial charge in [0, 0.05) is 30.6 Å². The molecule has 14 heteroatoms. The Labute approximate surface area is 213 Å². The van der Waals surface area contributed by atoms with Crippen molar-refractivity contribution in [2.75, 3.05) is 43.7 Å². The molecule has 0 bridgehead atoms. The first-order valence-electron chi connectivity index (χ1n) is 11.0. The van der Waals surface area contributed by atoms with Crippen molar-refractivity contribution in [1.82, 2.24) is 19.6 Å². The highest BCUT2D eigenvalue weighted by Crippen LogP contribution is 2.37. The van der Waals surface area contributed by atoms with Crippen LogP contribution < -0.4 is 19.1 Å². The van der Waals surface area contributed by atoms with E-state index in [9.17, 15) is 8.42 Å². The average molecular weight is 548 g/mol. The van der Waals surface area contributed by atoms with Crippen LogP contribution in [0.25, 0.3) is 27.4 Å². The molecule has 0 unspecified atom stereocenters. The topological polar surface area (TPSA) is 121 Å². The highest BCUT2D eigenvalue weighted by atomic mass is 32.2. The zero-order valence-electron chi connectivity index (χ0n) is 19.3. The number of benzene rings is 1. The van der Waals surface area contributed by atoms with Crippen molar-refractivity contribution in [2.45, 2.75) is 6.61 Å². The molecule has 4 aromatic heterocycles. The molecule has 1 aromatic carbocycles. The number of rotatable bonds is 7. The number of thiazole rings is 1. The van der Waals surface area contributed by atoms with Gasteiger partial charge in [0.15, 0.2) is 20.7 Å². The van der Waals surface area contributed by atoms with Gasteiger partial charge in [-0.15, -0.1) is 16.4 Å². The Bertz CT molecular complexity index is 1620. The van der Waals surface area contributed by atoms with E-state index in [1.165, 1.54) is 22.7 Å². The fourth-order valence-corrected chi connectivity index (χ4v) is 6.66. The quantitative estimate of drug-likeness (QED) is 0.299. The normalized spacial score (nSPS) is 15.6. The lowest BCUT2D eigenvalue weighted by molar-refractivity contribution is 0.303. The molecule has 1 saturated heterocycles. The Morgan fingerprint density at radius 2 is 1.94 bits per heavy atom. The minimum Gasteiger partial charge on any atom is -0.496 e. The summed E-state index contributed by atoms with van der Waals surface area (Å²) in [5.74, 6) is 2.08. The van der Waals surface area contributed by atoms with Crippen LogP contribution in [0, 0.1) is 0 Å². The molecule has 5 heterocycles. The highest BCUT2D eigenvalue weighted by molar-refractivity contribution is 7.91. The van der Waals surface area contributed by atoms with Crippen LogP contribution in [-0.2, 0) is 16.4 Å². The van der Waals surface area contributed by atoms with Gasteiger partial charge >= 0.3 is 0 Å². The van der Waals surface area contributed by atoms with Crippen molar-refractivity contribution in [3.8, 4) is 28.1 Å². The molecule has 1 fully saturated rings. The standard InChI is InChI=1S/C22H21N5O6S3/c1-30-14-7-17(32-11-13-12-34-20(23-13)26-3-5-36(28,29)6-4-26)15-9-19(33-18(15)8-14)16-10-27-21(24-16)35-22(25-27)31-2/h7-10,12H,3-6,11H2,1-2H3. The van der Waals surface area contributed by atoms with Crippen molar-refractivity contribution in [2.24, 2.45) is 0 Å². The fraction of sp³-hybridized carbons (Fsp3) is 0.318. The number of fused-ring (bicyclic) bond motifs is 2. The summed E-state index contributed by atoms with van der Waals surface area (Å²) < 4.78 is 47.9. The molecule has 0 radical (unpaired) electrons. The van der Waals surface area contributed by atoms with E-state index < -0.39 is 9.84 Å². The second kappa shape index (κ2) is 8.94. The zero-order valence-corrected chi connectivity index (χ0v) is 21.8. The molecule has 0 spiro atoms. The maximum atomic E-state index is 11.7. The van der Waals surface area contributed by atoms with Gasteiger partial charge in [-0.2, -0.15) is 0 Å². The Morgan fingerprint density at radius 3 is 2.69 bits per heavy atom. The molecule has 36 heavy (non-hydrogen) atoms. The molecule has 0 saturated carbocycles. The van der Waals surface area contributed by atoms with Crippen LogP contribution in [0.1, 0.15) is 5.69 Å². The zero-order chi connectivity index (χ0) is 24.9. The third kappa shape index (κ3) is 4.35. The second-order valence-corrected chi connectivity index (χ2v) is 12.2. The van der Waals surface area contributed by atoms with Gasteiger partial charge < -0.3 is 23.5 Å². The Hall–Kier alpha value is -3.36. The number of nitrogens with zero attached hydrogens (tertiary/aromatic N) is 5. The average Bonchev–Trinajstić information content (AvgIpc) is 3.64. The van der Waals surface area contributed by atoms with E-state index in [-0.39, 0.29) is 18.1 Å². The van der Waals surface area contributed by atoms with Gasteiger partial charge in [-0.1, -0.05) is 0 Å². The van der Waals surface area contributed by atoms with Gasteiger partial charge in [-0.25, -0.2) is 22.9 Å². The maximum absolute atomic E-state index is 11.7. The van der Waals surface area contributed by atoms with Crippen molar-refractivity contribution in [1.29, 1.82) is 0 Å². The van der Waals surface area contributed by atoms with Crippen molar-refractivity contribution >= 4 is 53.6 Å². The van der Waals surface area contributed by atoms with Gasteiger partial charge in [-0.3, -0.25) is 0 Å². The van der Waals surface area contributed by atoms with Crippen molar-refractivity contribution in [3.63, 3.8) is 0 Å². The number of furan rings is 1. The lowest BCUT2D eigenvalue weighted by Crippen LogP contribution is -2.40. The molecule has 188 valence electrons. The Kier molecular flexibility index (Phi) is 5.73. The number of ether oxygens (including phenoxy) is 3. The first kappa shape index (κ1) is 23.1. The molecule has 0 atom stereocenters. The van der Waals surface area contributed by atoms with E-state index in [0.29, 0.717) is 51.8 Å². The Morgan fingerprint density at radius 1 is 1.11 bits per heavy atom. The van der Waals surface area contributed by atoms with Crippen LogP contribution in [-0.4, -0.2) is 66.8 Å². The number of sulfone groups is 1. The van der Waals surface area contributed by atoms with Crippen LogP contribution in [0.3, 0.4) is 0 Å². The maximum Gasteiger partial charge on any atom is 0.294 e. The minimum absolute atomic E-state index is 0.154. The van der Waals surface area contributed by atoms with E-state index >= 15 is 0 Å². The molecule has 11 nitrogen and oxygen atoms in total. The molecule has 0 aliphatic carbocycles. The first-order valence-corrected chi connectivity index (χ1v) is 14.5. The molecule has 1 aliphatic rings. The number of aromatic nitrogens is 4. The number of hydrogen-bond donors (Lipinski definition) is 0. The van der Waals surface area contributed by atoms with E-state index in [1.54, 1.807) is 31.0 Å². The SMILES string of the molecule is COc1cc(OCc2csc(N3CCS(=O)(=O)CC3)n2)c2cc(-c3cn4nc(OC)sc4n3)oc2c1. The molecular weight excluding hydrogens is 526 g/mol. The number of imidazole rings is 1. The predicted molar refractivity (Wildman–Crippen MR) is 136 cm³/mol. The Balaban J connectivity index is 1.24. The largest absolute Gasteiger partial charge is 0.496 e. The minimum atomic E-state index is -2.94. The van der Waals surface area contributed by atoms with Gasteiger partial charge in [0.25, 0.3) is 5.19 Å². The third-order valence-electron chi connectivity index (χ3n) is 5.79. The first-order chi connectivity index (χ1) is 17.4. The predicted octanol–water partition coefficient (Wildman–Crippen LogP) is 3.49. The molecule has 6 rings (SSSR count). The van der Waals surface area contributed by atoms with Crippen LogP contribution in [0.2, 0.25) is 0 Å². The summed E-state index contributed by atoms with van der Waals surface area (Å²) >= 11 is 2.82. The third-order valence-corrected chi connectivity index (χ3v) is 9.23. The van der Waals surface area contributed by atoms with Gasteiger partial charge in [-0.05, 0) is 17.4 Å². The van der Waals surface area contributed by atoms with Crippen LogP contribution >= 0.6 is 22.7 Å². The summed E-state index contributed by atoms with van der Waals surface area (Å²) in [6.45, 7) is 1.16. The number of anilines is 1. The second-order valence-electron chi connectivity index (χ2n) is 8.12. The van der Waals surface area contributed by atoms with E-state index in [1.807, 2.05) is 22.4 Å². The molecular formula is C22H21N5O6S3. The van der Waals surface area contributed by atoms with Gasteiger partial charge in [0.1, 0.15) is 29.4 Å². The molecule has 1 aliphatic heterocycles. The van der Waals surface area contributed by atoms with Gasteiger partial charge in [0.2, 0.25) is 4.96 Å². The van der Waals surface area contributed by atoms with Crippen molar-refractivity contribution < 1.29 is 27.0 Å². The van der Waals surface area contributed by atoms with Crippen molar-refractivity contribution in [3.05, 3.63) is 35.5 Å². The molecule has 0 amide bonds. The van der Waals surface area contributed by atoms with Crippen LogP contribution in [0.4, 0.5) is 5.13 Å². The van der Waals surface area contributed by atoms with Gasteiger partial charge in [0.05, 0.1) is 43.0 Å². The van der Waals surface area contributed by atoms with Crippen LogP contribution in [0.5, 0.6) is 16.7 Å². The summed E-state index contributed by atoms with van der Waals surface area (Å²) in [5, 5.41) is 8.35. The molecule has 0 N–H and O–H groups in total. The monoisotopic (exact) mass is 547 g/mol. The van der Waals surface area contributed by atoms with E-state index in [4.69, 9.17) is 18.6 Å². The van der Waals surface area contributed by atoms with Crippen LogP contribution in [0.15, 0.2) is 34.2 Å². The lowest BCUT2D eigenvalue weighted by Gasteiger charge is -2.25. The summed E-state index contributed by atoms with van der Waals surface area (Å²) in [7, 11) is 0.215. The number of hydrogen-bond acceptors (Lipinski definition) is 12. The van der Waals surface area contributed by atoms with E-state index in [2.05, 4.69) is 15.1 Å². The summed E-state index contributed by atoms with van der Waals surface area (Å²) in [5.41, 5.74) is 2.01.